The van der Waals surface area contributed by atoms with Crippen molar-refractivity contribution in [1.82, 2.24) is 0 Å². The number of anilines is 2. The Hall–Kier alpha value is -1.84. The Kier molecular flexibility index (Phi) is 4.26. The first kappa shape index (κ1) is 13.2. The standard InChI is InChI=1S/C13H18N2O2/c1-8(2)12-6-5-11(14-9(3)16)7-13(12)15-10(4)17/h5-8H,1-4H3,(H,14,16)(H,15,17). The largest absolute Gasteiger partial charge is 0.326 e. The van der Waals surface area contributed by atoms with Gasteiger partial charge in [0.2, 0.25) is 11.8 Å². The summed E-state index contributed by atoms with van der Waals surface area (Å²) in [5.74, 6) is 0.0613. The van der Waals surface area contributed by atoms with E-state index in [1.54, 1.807) is 6.07 Å². The van der Waals surface area contributed by atoms with Crippen LogP contribution in [-0.4, -0.2) is 11.8 Å². The molecule has 2 amide bonds. The predicted octanol–water partition coefficient (Wildman–Crippen LogP) is 2.73. The van der Waals surface area contributed by atoms with Gasteiger partial charge >= 0.3 is 0 Å². The van der Waals surface area contributed by atoms with Crippen molar-refractivity contribution in [3.63, 3.8) is 0 Å². The van der Waals surface area contributed by atoms with Gasteiger partial charge in [0.25, 0.3) is 0 Å². The highest BCUT2D eigenvalue weighted by atomic mass is 16.2. The minimum atomic E-state index is -0.129. The molecule has 4 heteroatoms. The molecule has 1 aromatic carbocycles. The zero-order valence-corrected chi connectivity index (χ0v) is 10.6. The molecule has 0 bridgehead atoms. The highest BCUT2D eigenvalue weighted by molar-refractivity contribution is 5.93. The maximum Gasteiger partial charge on any atom is 0.221 e. The summed E-state index contributed by atoms with van der Waals surface area (Å²) >= 11 is 0. The molecular weight excluding hydrogens is 216 g/mol. The molecule has 0 atom stereocenters. The zero-order chi connectivity index (χ0) is 13.0. The topological polar surface area (TPSA) is 58.2 Å². The second-order valence-corrected chi connectivity index (χ2v) is 4.32. The molecule has 0 radical (unpaired) electrons. The number of nitrogens with one attached hydrogen (secondary N) is 2. The quantitative estimate of drug-likeness (QED) is 0.844. The van der Waals surface area contributed by atoms with Crippen LogP contribution in [0, 0.1) is 0 Å². The number of carbonyl (C=O) groups excluding carboxylic acids is 2. The Morgan fingerprint density at radius 2 is 1.65 bits per heavy atom. The molecule has 4 nitrogen and oxygen atoms in total. The van der Waals surface area contributed by atoms with Crippen LogP contribution in [0.25, 0.3) is 0 Å². The molecule has 0 saturated heterocycles. The second-order valence-electron chi connectivity index (χ2n) is 4.32. The lowest BCUT2D eigenvalue weighted by molar-refractivity contribution is -0.115. The molecular formula is C13H18N2O2. The van der Waals surface area contributed by atoms with Crippen molar-refractivity contribution in [3.8, 4) is 0 Å². The number of hydrogen-bond donors (Lipinski definition) is 2. The molecule has 0 unspecified atom stereocenters. The monoisotopic (exact) mass is 234 g/mol. The van der Waals surface area contributed by atoms with Crippen molar-refractivity contribution in [3.05, 3.63) is 23.8 Å². The van der Waals surface area contributed by atoms with Crippen molar-refractivity contribution in [2.24, 2.45) is 0 Å². The summed E-state index contributed by atoms with van der Waals surface area (Å²) in [5, 5.41) is 5.47. The first-order valence-corrected chi connectivity index (χ1v) is 5.59. The Morgan fingerprint density at radius 3 is 2.12 bits per heavy atom. The van der Waals surface area contributed by atoms with Crippen LogP contribution in [-0.2, 0) is 9.59 Å². The van der Waals surface area contributed by atoms with E-state index in [2.05, 4.69) is 24.5 Å². The van der Waals surface area contributed by atoms with Crippen molar-refractivity contribution in [2.75, 3.05) is 10.6 Å². The second kappa shape index (κ2) is 5.48. The lowest BCUT2D eigenvalue weighted by Gasteiger charge is -2.14. The maximum absolute atomic E-state index is 11.1. The van der Waals surface area contributed by atoms with Gasteiger partial charge < -0.3 is 10.6 Å². The molecule has 0 aliphatic heterocycles. The average Bonchev–Trinajstić information content (AvgIpc) is 2.15. The molecule has 0 aliphatic rings. The molecule has 0 heterocycles. The highest BCUT2D eigenvalue weighted by Gasteiger charge is 2.09. The fourth-order valence-corrected chi connectivity index (χ4v) is 1.64. The van der Waals surface area contributed by atoms with E-state index in [-0.39, 0.29) is 11.8 Å². The summed E-state index contributed by atoms with van der Waals surface area (Å²) < 4.78 is 0. The Balaban J connectivity index is 3.09. The van der Waals surface area contributed by atoms with E-state index in [4.69, 9.17) is 0 Å². The van der Waals surface area contributed by atoms with Gasteiger partial charge in [0, 0.05) is 25.2 Å². The number of hydrogen-bond acceptors (Lipinski definition) is 2. The maximum atomic E-state index is 11.1. The van der Waals surface area contributed by atoms with E-state index in [0.29, 0.717) is 11.6 Å². The normalized spacial score (nSPS) is 10.2. The summed E-state index contributed by atoms with van der Waals surface area (Å²) in [4.78, 5) is 22.1. The van der Waals surface area contributed by atoms with E-state index in [9.17, 15) is 9.59 Å². The Morgan fingerprint density at radius 1 is 1.06 bits per heavy atom. The third kappa shape index (κ3) is 3.90. The SMILES string of the molecule is CC(=O)Nc1ccc(C(C)C)c(NC(C)=O)c1. The van der Waals surface area contributed by atoms with Crippen LogP contribution in [0.3, 0.4) is 0 Å². The average molecular weight is 234 g/mol. The fourth-order valence-electron chi connectivity index (χ4n) is 1.64. The van der Waals surface area contributed by atoms with Crippen LogP contribution >= 0.6 is 0 Å². The highest BCUT2D eigenvalue weighted by Crippen LogP contribution is 2.27. The summed E-state index contributed by atoms with van der Waals surface area (Å²) in [6, 6.07) is 5.53. The summed E-state index contributed by atoms with van der Waals surface area (Å²) in [7, 11) is 0. The van der Waals surface area contributed by atoms with Crippen LogP contribution in [0.5, 0.6) is 0 Å². The molecule has 17 heavy (non-hydrogen) atoms. The van der Waals surface area contributed by atoms with E-state index >= 15 is 0 Å². The summed E-state index contributed by atoms with van der Waals surface area (Å²) in [5.41, 5.74) is 2.48. The van der Waals surface area contributed by atoms with E-state index in [1.165, 1.54) is 13.8 Å². The van der Waals surface area contributed by atoms with E-state index in [1.807, 2.05) is 12.1 Å². The van der Waals surface area contributed by atoms with Gasteiger partial charge in [0.1, 0.15) is 0 Å². The molecule has 0 saturated carbocycles. The van der Waals surface area contributed by atoms with Crippen LogP contribution in [0.15, 0.2) is 18.2 Å². The van der Waals surface area contributed by atoms with Crippen molar-refractivity contribution in [2.45, 2.75) is 33.6 Å². The van der Waals surface area contributed by atoms with Gasteiger partial charge in [-0.05, 0) is 23.6 Å². The molecule has 1 rings (SSSR count). The van der Waals surface area contributed by atoms with Gasteiger partial charge in [0.15, 0.2) is 0 Å². The first-order chi connectivity index (χ1) is 7.90. The van der Waals surface area contributed by atoms with Gasteiger partial charge in [-0.15, -0.1) is 0 Å². The lowest BCUT2D eigenvalue weighted by atomic mass is 10.0. The predicted molar refractivity (Wildman–Crippen MR) is 69.1 cm³/mol. The Labute approximate surface area is 101 Å². The molecule has 92 valence electrons. The number of carbonyl (C=O) groups is 2. The van der Waals surface area contributed by atoms with Crippen LogP contribution in [0.1, 0.15) is 39.2 Å². The first-order valence-electron chi connectivity index (χ1n) is 5.59. The summed E-state index contributed by atoms with van der Waals surface area (Å²) in [6.07, 6.45) is 0. The van der Waals surface area contributed by atoms with Crippen LogP contribution in [0.2, 0.25) is 0 Å². The van der Waals surface area contributed by atoms with Crippen LogP contribution < -0.4 is 10.6 Å². The number of amides is 2. The molecule has 0 fully saturated rings. The molecule has 0 aliphatic carbocycles. The van der Waals surface area contributed by atoms with Gasteiger partial charge in [-0.2, -0.15) is 0 Å². The molecule has 0 aromatic heterocycles. The molecule has 0 spiro atoms. The fraction of sp³-hybridized carbons (Fsp3) is 0.385. The third-order valence-electron chi connectivity index (χ3n) is 2.31. The van der Waals surface area contributed by atoms with Gasteiger partial charge in [-0.25, -0.2) is 0 Å². The van der Waals surface area contributed by atoms with Crippen LogP contribution in [0.4, 0.5) is 11.4 Å². The van der Waals surface area contributed by atoms with E-state index in [0.717, 1.165) is 11.3 Å². The minimum Gasteiger partial charge on any atom is -0.326 e. The smallest absolute Gasteiger partial charge is 0.221 e. The lowest BCUT2D eigenvalue weighted by Crippen LogP contribution is -2.11. The van der Waals surface area contributed by atoms with Gasteiger partial charge in [-0.3, -0.25) is 9.59 Å². The van der Waals surface area contributed by atoms with Crippen molar-refractivity contribution < 1.29 is 9.59 Å². The van der Waals surface area contributed by atoms with Crippen molar-refractivity contribution in [1.29, 1.82) is 0 Å². The number of benzene rings is 1. The van der Waals surface area contributed by atoms with Crippen molar-refractivity contribution >= 4 is 23.2 Å². The molecule has 1 aromatic rings. The van der Waals surface area contributed by atoms with Gasteiger partial charge in [-0.1, -0.05) is 19.9 Å². The third-order valence-corrected chi connectivity index (χ3v) is 2.31. The van der Waals surface area contributed by atoms with E-state index < -0.39 is 0 Å². The van der Waals surface area contributed by atoms with Gasteiger partial charge in [0.05, 0.1) is 0 Å². The molecule has 2 N–H and O–H groups in total. The minimum absolute atomic E-state index is 0.119. The Bertz CT molecular complexity index is 439. The summed E-state index contributed by atoms with van der Waals surface area (Å²) in [6.45, 7) is 7.03. The zero-order valence-electron chi connectivity index (χ0n) is 10.6. The number of rotatable bonds is 3.